The zero-order valence-electron chi connectivity index (χ0n) is 12.0. The van der Waals surface area contributed by atoms with E-state index in [2.05, 4.69) is 15.5 Å². The summed E-state index contributed by atoms with van der Waals surface area (Å²) in [6.45, 7) is 0.272. The van der Waals surface area contributed by atoms with Crippen LogP contribution in [0.4, 0.5) is 5.95 Å². The zero-order valence-corrected chi connectivity index (χ0v) is 12.0. The molecule has 1 aliphatic heterocycles. The van der Waals surface area contributed by atoms with Crippen LogP contribution >= 0.6 is 0 Å². The van der Waals surface area contributed by atoms with Gasteiger partial charge in [0.1, 0.15) is 0 Å². The molecular weight excluding hydrogens is 280 g/mol. The van der Waals surface area contributed by atoms with E-state index < -0.39 is 0 Å². The Kier molecular flexibility index (Phi) is 2.93. The number of fused-ring (bicyclic) bond motifs is 2. The number of rotatable bonds is 3. The molecule has 0 fully saturated rings. The first kappa shape index (κ1) is 12.7. The number of hydrazone groups is 1. The van der Waals surface area contributed by atoms with E-state index in [-0.39, 0.29) is 6.79 Å². The third-order valence-electron chi connectivity index (χ3n) is 3.56. The van der Waals surface area contributed by atoms with E-state index in [0.717, 1.165) is 28.1 Å². The molecule has 0 radical (unpaired) electrons. The van der Waals surface area contributed by atoms with E-state index in [4.69, 9.17) is 9.47 Å². The minimum Gasteiger partial charge on any atom is -0.454 e. The van der Waals surface area contributed by atoms with Crippen LogP contribution in [0.5, 0.6) is 11.5 Å². The van der Waals surface area contributed by atoms with Crippen LogP contribution < -0.4 is 14.9 Å². The number of ether oxygens (including phenoxy) is 2. The fourth-order valence-corrected chi connectivity index (χ4v) is 2.40. The summed E-state index contributed by atoms with van der Waals surface area (Å²) in [5.74, 6) is 2.20. The maximum Gasteiger partial charge on any atom is 0.231 e. The first-order chi connectivity index (χ1) is 10.8. The van der Waals surface area contributed by atoms with Crippen LogP contribution in [0.2, 0.25) is 0 Å². The summed E-state index contributed by atoms with van der Waals surface area (Å²) in [5.41, 5.74) is 5.89. The van der Waals surface area contributed by atoms with Crippen molar-refractivity contribution < 1.29 is 9.47 Å². The summed E-state index contributed by atoms with van der Waals surface area (Å²) >= 11 is 0. The molecule has 0 saturated carbocycles. The van der Waals surface area contributed by atoms with E-state index in [0.29, 0.717) is 5.95 Å². The summed E-state index contributed by atoms with van der Waals surface area (Å²) < 4.78 is 12.6. The summed E-state index contributed by atoms with van der Waals surface area (Å²) in [6.07, 6.45) is 1.72. The van der Waals surface area contributed by atoms with Gasteiger partial charge in [-0.05, 0) is 35.9 Å². The number of imidazole rings is 1. The molecule has 110 valence electrons. The molecule has 3 aromatic rings. The molecule has 0 spiro atoms. The number of aryl methyl sites for hydroxylation is 1. The number of nitrogens with one attached hydrogen (secondary N) is 1. The average Bonchev–Trinajstić information content (AvgIpc) is 3.12. The van der Waals surface area contributed by atoms with Gasteiger partial charge in [-0.1, -0.05) is 12.1 Å². The van der Waals surface area contributed by atoms with Gasteiger partial charge in [-0.25, -0.2) is 10.4 Å². The van der Waals surface area contributed by atoms with Gasteiger partial charge in [-0.2, -0.15) is 5.10 Å². The molecule has 0 aliphatic carbocycles. The van der Waals surface area contributed by atoms with Crippen LogP contribution in [0.1, 0.15) is 5.56 Å². The molecule has 0 saturated heterocycles. The number of para-hydroxylation sites is 2. The topological polar surface area (TPSA) is 60.7 Å². The predicted molar refractivity (Wildman–Crippen MR) is 84.5 cm³/mol. The van der Waals surface area contributed by atoms with Crippen molar-refractivity contribution in [3.63, 3.8) is 0 Å². The van der Waals surface area contributed by atoms with Crippen molar-refractivity contribution in [2.75, 3.05) is 12.2 Å². The Balaban J connectivity index is 1.55. The van der Waals surface area contributed by atoms with Crippen molar-refractivity contribution in [1.82, 2.24) is 9.55 Å². The number of benzene rings is 2. The smallest absolute Gasteiger partial charge is 0.231 e. The number of aromatic nitrogens is 2. The van der Waals surface area contributed by atoms with Crippen LogP contribution in [0.15, 0.2) is 47.6 Å². The van der Waals surface area contributed by atoms with E-state index in [9.17, 15) is 0 Å². The monoisotopic (exact) mass is 294 g/mol. The third kappa shape index (κ3) is 2.14. The van der Waals surface area contributed by atoms with Crippen LogP contribution in [0.25, 0.3) is 11.0 Å². The van der Waals surface area contributed by atoms with Gasteiger partial charge >= 0.3 is 0 Å². The Morgan fingerprint density at radius 1 is 1.18 bits per heavy atom. The molecule has 6 heteroatoms. The molecule has 0 amide bonds. The van der Waals surface area contributed by atoms with E-state index in [1.807, 2.05) is 54.1 Å². The normalized spacial score (nSPS) is 13.1. The van der Waals surface area contributed by atoms with Gasteiger partial charge in [-0.3, -0.25) is 0 Å². The maximum absolute atomic E-state index is 5.34. The predicted octanol–water partition coefficient (Wildman–Crippen LogP) is 2.75. The molecule has 22 heavy (non-hydrogen) atoms. The van der Waals surface area contributed by atoms with Gasteiger partial charge < -0.3 is 14.0 Å². The van der Waals surface area contributed by atoms with Crippen molar-refractivity contribution >= 4 is 23.2 Å². The van der Waals surface area contributed by atoms with Crippen molar-refractivity contribution in [3.05, 3.63) is 48.0 Å². The first-order valence-corrected chi connectivity index (χ1v) is 6.91. The summed E-state index contributed by atoms with van der Waals surface area (Å²) in [5, 5.41) is 4.24. The Bertz CT molecular complexity index is 870. The molecular formula is C16H14N4O2. The van der Waals surface area contributed by atoms with E-state index >= 15 is 0 Å². The number of anilines is 1. The van der Waals surface area contributed by atoms with Gasteiger partial charge in [-0.15, -0.1) is 0 Å². The highest BCUT2D eigenvalue weighted by atomic mass is 16.7. The van der Waals surface area contributed by atoms with E-state index in [1.165, 1.54) is 0 Å². The first-order valence-electron chi connectivity index (χ1n) is 6.91. The number of hydrogen-bond acceptors (Lipinski definition) is 5. The lowest BCUT2D eigenvalue weighted by Gasteiger charge is -2.01. The molecule has 6 nitrogen and oxygen atoms in total. The fourth-order valence-electron chi connectivity index (χ4n) is 2.40. The second-order valence-electron chi connectivity index (χ2n) is 4.97. The van der Waals surface area contributed by atoms with Crippen LogP contribution in [0, 0.1) is 0 Å². The largest absolute Gasteiger partial charge is 0.454 e. The third-order valence-corrected chi connectivity index (χ3v) is 3.56. The van der Waals surface area contributed by atoms with Crippen molar-refractivity contribution in [1.29, 1.82) is 0 Å². The molecule has 1 aromatic heterocycles. The minimum atomic E-state index is 0.272. The molecule has 1 N–H and O–H groups in total. The Morgan fingerprint density at radius 2 is 2.05 bits per heavy atom. The van der Waals surface area contributed by atoms with Crippen molar-refractivity contribution in [2.45, 2.75) is 0 Å². The van der Waals surface area contributed by atoms with E-state index in [1.54, 1.807) is 6.21 Å². The SMILES string of the molecule is Cn1c(N/N=C\c2ccc3c(c2)OCO3)nc2ccccc21. The molecule has 0 atom stereocenters. The summed E-state index contributed by atoms with van der Waals surface area (Å²) in [4.78, 5) is 4.49. The summed E-state index contributed by atoms with van der Waals surface area (Å²) in [7, 11) is 1.95. The van der Waals surface area contributed by atoms with Gasteiger partial charge in [0.2, 0.25) is 12.7 Å². The molecule has 0 bridgehead atoms. The molecule has 4 rings (SSSR count). The quantitative estimate of drug-likeness (QED) is 0.596. The van der Waals surface area contributed by atoms with Gasteiger partial charge in [0.15, 0.2) is 11.5 Å². The lowest BCUT2D eigenvalue weighted by Crippen LogP contribution is -1.98. The van der Waals surface area contributed by atoms with Crippen LogP contribution in [-0.4, -0.2) is 22.6 Å². The van der Waals surface area contributed by atoms with Gasteiger partial charge in [0, 0.05) is 7.05 Å². The molecule has 1 aliphatic rings. The Morgan fingerprint density at radius 3 is 2.95 bits per heavy atom. The second kappa shape index (κ2) is 5.07. The number of nitrogens with zero attached hydrogens (tertiary/aromatic N) is 3. The van der Waals surface area contributed by atoms with Crippen LogP contribution in [-0.2, 0) is 7.05 Å². The standard InChI is InChI=1S/C16H14N4O2/c1-20-13-5-3-2-4-12(13)18-16(20)19-17-9-11-6-7-14-15(8-11)22-10-21-14/h2-9H,10H2,1H3,(H,18,19)/b17-9-. The minimum absolute atomic E-state index is 0.272. The van der Waals surface area contributed by atoms with Crippen molar-refractivity contribution in [3.8, 4) is 11.5 Å². The second-order valence-corrected chi connectivity index (χ2v) is 4.97. The zero-order chi connectivity index (χ0) is 14.9. The Hall–Kier alpha value is -3.02. The van der Waals surface area contributed by atoms with Gasteiger partial charge in [0.05, 0.1) is 17.2 Å². The summed E-state index contributed by atoms with van der Waals surface area (Å²) in [6, 6.07) is 13.6. The van der Waals surface area contributed by atoms with Crippen molar-refractivity contribution in [2.24, 2.45) is 12.1 Å². The number of hydrogen-bond donors (Lipinski definition) is 1. The lowest BCUT2D eigenvalue weighted by atomic mass is 10.2. The Labute approximate surface area is 127 Å². The van der Waals surface area contributed by atoms with Gasteiger partial charge in [0.25, 0.3) is 0 Å². The highest BCUT2D eigenvalue weighted by Gasteiger charge is 2.12. The lowest BCUT2D eigenvalue weighted by molar-refractivity contribution is 0.174. The highest BCUT2D eigenvalue weighted by molar-refractivity contribution is 5.82. The average molecular weight is 294 g/mol. The van der Waals surface area contributed by atoms with Crippen LogP contribution in [0.3, 0.4) is 0 Å². The molecule has 0 unspecified atom stereocenters. The molecule has 2 aromatic carbocycles. The molecule has 2 heterocycles. The maximum atomic E-state index is 5.34. The highest BCUT2D eigenvalue weighted by Crippen LogP contribution is 2.32. The fraction of sp³-hybridized carbons (Fsp3) is 0.125.